The number of para-hydroxylation sites is 1. The van der Waals surface area contributed by atoms with Crippen LogP contribution in [-0.2, 0) is 6.18 Å². The van der Waals surface area contributed by atoms with Crippen LogP contribution in [-0.4, -0.2) is 20.9 Å². The van der Waals surface area contributed by atoms with Crippen molar-refractivity contribution < 1.29 is 18.3 Å². The van der Waals surface area contributed by atoms with Crippen molar-refractivity contribution in [2.24, 2.45) is 4.99 Å². The van der Waals surface area contributed by atoms with Crippen LogP contribution < -0.4 is 5.56 Å². The predicted molar refractivity (Wildman–Crippen MR) is 153 cm³/mol. The van der Waals surface area contributed by atoms with Gasteiger partial charge in [0.2, 0.25) is 5.88 Å². The van der Waals surface area contributed by atoms with Gasteiger partial charge in [0.15, 0.2) is 0 Å². The highest BCUT2D eigenvalue weighted by Crippen LogP contribution is 2.36. The van der Waals surface area contributed by atoms with Crippen molar-refractivity contribution in [1.29, 1.82) is 0 Å². The molecule has 0 aliphatic heterocycles. The third-order valence-corrected chi connectivity index (χ3v) is 7.62. The van der Waals surface area contributed by atoms with Crippen molar-refractivity contribution in [1.82, 2.24) is 9.55 Å². The Morgan fingerprint density at radius 2 is 1.62 bits per heavy atom. The number of fused-ring (bicyclic) bond motifs is 2. The molecule has 0 aliphatic carbocycles. The number of halogens is 3. The minimum absolute atomic E-state index is 0.123. The summed E-state index contributed by atoms with van der Waals surface area (Å²) in [5.41, 5.74) is 1.42. The van der Waals surface area contributed by atoms with E-state index in [2.05, 4.69) is 11.1 Å². The lowest BCUT2D eigenvalue weighted by Crippen LogP contribution is -2.23. The quantitative estimate of drug-likeness (QED) is 0.224. The number of benzene rings is 4. The maximum Gasteiger partial charge on any atom is 0.418 e. The van der Waals surface area contributed by atoms with Crippen LogP contribution in [0.25, 0.3) is 37.2 Å². The highest BCUT2D eigenvalue weighted by Gasteiger charge is 2.34. The molecule has 6 rings (SSSR count). The number of aryl methyl sites for hydroxylation is 1. The first kappa shape index (κ1) is 25.5. The molecule has 0 aliphatic rings. The third kappa shape index (κ3) is 4.54. The second kappa shape index (κ2) is 9.77. The summed E-state index contributed by atoms with van der Waals surface area (Å²) < 4.78 is 43.1. The van der Waals surface area contributed by atoms with E-state index in [0.29, 0.717) is 15.6 Å². The van der Waals surface area contributed by atoms with Crippen LogP contribution in [0.3, 0.4) is 0 Å². The molecule has 0 fully saturated rings. The summed E-state index contributed by atoms with van der Waals surface area (Å²) in [6.07, 6.45) is -3.37. The zero-order valence-corrected chi connectivity index (χ0v) is 21.8. The zero-order chi connectivity index (χ0) is 28.0. The van der Waals surface area contributed by atoms with E-state index in [4.69, 9.17) is 4.98 Å². The number of rotatable bonds is 4. The smallest absolute Gasteiger partial charge is 0.418 e. The highest BCUT2D eigenvalue weighted by atomic mass is 32.1. The fourth-order valence-corrected chi connectivity index (χ4v) is 5.67. The van der Waals surface area contributed by atoms with E-state index in [1.54, 1.807) is 41.7 Å². The summed E-state index contributed by atoms with van der Waals surface area (Å²) in [6.45, 7) is 2.04. The van der Waals surface area contributed by atoms with Gasteiger partial charge >= 0.3 is 6.18 Å². The number of thiazole rings is 1. The van der Waals surface area contributed by atoms with Crippen molar-refractivity contribution in [3.8, 4) is 22.1 Å². The molecule has 0 spiro atoms. The zero-order valence-electron chi connectivity index (χ0n) is 21.0. The van der Waals surface area contributed by atoms with Crippen molar-refractivity contribution in [2.45, 2.75) is 13.1 Å². The molecule has 0 saturated carbocycles. The highest BCUT2D eigenvalue weighted by molar-refractivity contribution is 7.21. The summed E-state index contributed by atoms with van der Waals surface area (Å²) in [7, 11) is 0. The largest absolute Gasteiger partial charge is 0.494 e. The second-order valence-electron chi connectivity index (χ2n) is 9.23. The number of hydrogen-bond acceptors (Lipinski definition) is 5. The van der Waals surface area contributed by atoms with Crippen LogP contribution in [0.15, 0.2) is 101 Å². The van der Waals surface area contributed by atoms with Gasteiger partial charge in [-0.3, -0.25) is 9.79 Å². The first-order valence-electron chi connectivity index (χ1n) is 12.3. The number of alkyl halides is 3. The Morgan fingerprint density at radius 3 is 2.38 bits per heavy atom. The molecule has 5 nitrogen and oxygen atoms in total. The first-order chi connectivity index (χ1) is 19.2. The van der Waals surface area contributed by atoms with Crippen molar-refractivity contribution >= 4 is 44.2 Å². The van der Waals surface area contributed by atoms with E-state index in [0.717, 1.165) is 38.5 Å². The van der Waals surface area contributed by atoms with Crippen LogP contribution in [0.5, 0.6) is 5.88 Å². The maximum atomic E-state index is 13.8. The minimum Gasteiger partial charge on any atom is -0.494 e. The minimum atomic E-state index is -4.73. The lowest BCUT2D eigenvalue weighted by molar-refractivity contribution is -0.137. The molecule has 4 aromatic carbocycles. The van der Waals surface area contributed by atoms with E-state index >= 15 is 0 Å². The molecule has 0 saturated heterocycles. The molecular weight excluding hydrogens is 535 g/mol. The Kier molecular flexibility index (Phi) is 6.23. The topological polar surface area (TPSA) is 67.5 Å². The Bertz CT molecular complexity index is 1990. The van der Waals surface area contributed by atoms with Gasteiger partial charge in [0.1, 0.15) is 5.01 Å². The van der Waals surface area contributed by atoms with Crippen LogP contribution >= 0.6 is 11.3 Å². The van der Waals surface area contributed by atoms with Gasteiger partial charge in [0, 0.05) is 22.6 Å². The average Bonchev–Trinajstić information content (AvgIpc) is 3.36. The Labute approximate surface area is 230 Å². The van der Waals surface area contributed by atoms with Crippen molar-refractivity contribution in [3.63, 3.8) is 0 Å². The van der Waals surface area contributed by atoms with E-state index in [9.17, 15) is 23.1 Å². The van der Waals surface area contributed by atoms with E-state index < -0.39 is 28.9 Å². The van der Waals surface area contributed by atoms with Gasteiger partial charge in [-0.15, -0.1) is 11.3 Å². The lowest BCUT2D eigenvalue weighted by atomic mass is 10.1. The predicted octanol–water partition coefficient (Wildman–Crippen LogP) is 8.05. The number of hydrogen-bond donors (Lipinski definition) is 1. The molecule has 1 N–H and O–H groups in total. The van der Waals surface area contributed by atoms with Gasteiger partial charge in [-0.2, -0.15) is 13.2 Å². The molecule has 6 aromatic rings. The molecule has 0 radical (unpaired) electrons. The Hall–Kier alpha value is -4.76. The van der Waals surface area contributed by atoms with Gasteiger partial charge < -0.3 is 5.11 Å². The second-order valence-corrected chi connectivity index (χ2v) is 10.3. The molecule has 2 heterocycles. The SMILES string of the molecule is Cc1ccc2nc(-c3ccc(N=Cc4c(O)n(-c5ccccc5C(F)(F)F)c(=O)c5ccccc45)cc3)sc2c1. The molecule has 0 unspecified atom stereocenters. The van der Waals surface area contributed by atoms with E-state index in [-0.39, 0.29) is 10.9 Å². The van der Waals surface area contributed by atoms with Gasteiger partial charge in [0.25, 0.3) is 5.56 Å². The van der Waals surface area contributed by atoms with Gasteiger partial charge in [-0.1, -0.05) is 36.4 Å². The van der Waals surface area contributed by atoms with Gasteiger partial charge in [-0.25, -0.2) is 9.55 Å². The van der Waals surface area contributed by atoms with Crippen LogP contribution in [0.1, 0.15) is 16.7 Å². The molecule has 0 amide bonds. The summed E-state index contributed by atoms with van der Waals surface area (Å²) >= 11 is 1.59. The van der Waals surface area contributed by atoms with Crippen LogP contribution in [0.4, 0.5) is 18.9 Å². The normalized spacial score (nSPS) is 12.1. The number of pyridine rings is 1. The Morgan fingerprint density at radius 1 is 0.925 bits per heavy atom. The van der Waals surface area contributed by atoms with Crippen molar-refractivity contribution in [2.75, 3.05) is 0 Å². The first-order valence-corrected chi connectivity index (χ1v) is 13.1. The van der Waals surface area contributed by atoms with Gasteiger partial charge in [-0.05, 0) is 67.1 Å². The molecule has 198 valence electrons. The molecule has 2 aromatic heterocycles. The maximum absolute atomic E-state index is 13.8. The van der Waals surface area contributed by atoms with Crippen molar-refractivity contribution in [3.05, 3.63) is 118 Å². The fourth-order valence-electron chi connectivity index (χ4n) is 4.61. The van der Waals surface area contributed by atoms with E-state index in [1.165, 1.54) is 24.4 Å². The summed E-state index contributed by atoms with van der Waals surface area (Å²) in [6, 6.07) is 24.5. The third-order valence-electron chi connectivity index (χ3n) is 6.55. The number of aromatic nitrogens is 2. The monoisotopic (exact) mass is 555 g/mol. The van der Waals surface area contributed by atoms with Crippen LogP contribution in [0, 0.1) is 6.92 Å². The lowest BCUT2D eigenvalue weighted by Gasteiger charge is -2.18. The number of aromatic hydroxyl groups is 1. The van der Waals surface area contributed by atoms with Crippen LogP contribution in [0.2, 0.25) is 0 Å². The Balaban J connectivity index is 1.43. The summed E-state index contributed by atoms with van der Waals surface area (Å²) in [4.78, 5) is 22.5. The molecule has 0 atom stereocenters. The summed E-state index contributed by atoms with van der Waals surface area (Å²) in [5.74, 6) is -0.634. The van der Waals surface area contributed by atoms with E-state index in [1.807, 2.05) is 31.2 Å². The number of aliphatic imine (C=N–C) groups is 1. The van der Waals surface area contributed by atoms with Gasteiger partial charge in [0.05, 0.1) is 32.7 Å². The summed E-state index contributed by atoms with van der Waals surface area (Å²) in [5, 5.41) is 12.6. The molecule has 9 heteroatoms. The number of nitrogens with zero attached hydrogens (tertiary/aromatic N) is 3. The standard InChI is InChI=1S/C31H20F3N3O2S/c1-18-10-15-25-27(16-18)40-28(36-25)19-11-13-20(14-12-19)35-17-23-21-6-2-3-7-22(21)29(38)37(30(23)39)26-9-5-4-8-24(26)31(32,33)34/h2-17,39H,1H3. The molecule has 40 heavy (non-hydrogen) atoms. The molecule has 0 bridgehead atoms. The average molecular weight is 556 g/mol. The fraction of sp³-hybridized carbons (Fsp3) is 0.0645. The molecular formula is C31H20F3N3O2S.